The van der Waals surface area contributed by atoms with Gasteiger partial charge >= 0.3 is 0 Å². The van der Waals surface area contributed by atoms with Gasteiger partial charge < -0.3 is 16.2 Å². The van der Waals surface area contributed by atoms with E-state index in [1.54, 1.807) is 0 Å². The maximum Gasteiger partial charge on any atom is 0.188 e. The summed E-state index contributed by atoms with van der Waals surface area (Å²) in [7, 11) is 0. The highest BCUT2D eigenvalue weighted by Crippen LogP contribution is 2.18. The molecule has 1 rings (SSSR count). The molecule has 0 saturated heterocycles. The number of hydrogen-bond donors (Lipinski definition) is 3. The van der Waals surface area contributed by atoms with E-state index in [1.807, 2.05) is 6.92 Å². The number of aliphatic imine (C=N–C) groups is 1. The standard InChI is InChI=1S/C13H27N3O/c1-10(2)8-13(3,17)9-15-12(14)16-11-6-4-5-7-11/h10-11,17H,4-9H2,1-3H3,(H3,14,15,16). The summed E-state index contributed by atoms with van der Waals surface area (Å²) < 4.78 is 0. The lowest BCUT2D eigenvalue weighted by atomic mass is 9.94. The predicted octanol–water partition coefficient (Wildman–Crippen LogP) is 1.63. The Morgan fingerprint density at radius 3 is 2.59 bits per heavy atom. The van der Waals surface area contributed by atoms with E-state index >= 15 is 0 Å². The number of guanidine groups is 1. The molecule has 100 valence electrons. The van der Waals surface area contributed by atoms with Crippen LogP contribution in [0.4, 0.5) is 0 Å². The Balaban J connectivity index is 2.35. The van der Waals surface area contributed by atoms with Crippen molar-refractivity contribution in [1.29, 1.82) is 0 Å². The molecule has 0 aromatic heterocycles. The molecule has 1 aliphatic rings. The SMILES string of the molecule is CC(C)CC(C)(O)CN=C(N)NC1CCCC1. The summed E-state index contributed by atoms with van der Waals surface area (Å²) in [5.74, 6) is 0.935. The summed E-state index contributed by atoms with van der Waals surface area (Å²) in [6.45, 7) is 6.38. The number of rotatable bonds is 5. The first-order valence-corrected chi connectivity index (χ1v) is 6.68. The molecule has 0 aromatic carbocycles. The maximum atomic E-state index is 10.1. The third-order valence-electron chi connectivity index (χ3n) is 3.15. The fourth-order valence-corrected chi connectivity index (χ4v) is 2.52. The molecule has 0 spiro atoms. The fourth-order valence-electron chi connectivity index (χ4n) is 2.52. The zero-order valence-electron chi connectivity index (χ0n) is 11.4. The summed E-state index contributed by atoms with van der Waals surface area (Å²) in [5, 5.41) is 13.3. The van der Waals surface area contributed by atoms with E-state index in [9.17, 15) is 5.11 Å². The second-order valence-corrected chi connectivity index (χ2v) is 5.92. The first-order valence-electron chi connectivity index (χ1n) is 6.68. The molecule has 4 heteroatoms. The molecule has 1 unspecified atom stereocenters. The van der Waals surface area contributed by atoms with E-state index in [1.165, 1.54) is 25.7 Å². The highest BCUT2D eigenvalue weighted by Gasteiger charge is 2.22. The normalized spacial score (nSPS) is 21.8. The van der Waals surface area contributed by atoms with Crippen LogP contribution >= 0.6 is 0 Å². The molecular formula is C13H27N3O. The van der Waals surface area contributed by atoms with Gasteiger partial charge in [0.25, 0.3) is 0 Å². The van der Waals surface area contributed by atoms with Gasteiger partial charge in [-0.25, -0.2) is 0 Å². The van der Waals surface area contributed by atoms with E-state index in [2.05, 4.69) is 24.2 Å². The largest absolute Gasteiger partial charge is 0.388 e. The molecule has 0 heterocycles. The summed E-state index contributed by atoms with van der Waals surface area (Å²) >= 11 is 0. The lowest BCUT2D eigenvalue weighted by Crippen LogP contribution is -2.40. The van der Waals surface area contributed by atoms with E-state index < -0.39 is 5.60 Å². The molecule has 0 bridgehead atoms. The molecular weight excluding hydrogens is 214 g/mol. The van der Waals surface area contributed by atoms with Crippen LogP contribution < -0.4 is 11.1 Å². The van der Waals surface area contributed by atoms with Crippen molar-refractivity contribution in [3.05, 3.63) is 0 Å². The molecule has 17 heavy (non-hydrogen) atoms. The first kappa shape index (κ1) is 14.3. The Kier molecular flexibility index (Phi) is 5.25. The van der Waals surface area contributed by atoms with Crippen LogP contribution in [-0.4, -0.2) is 29.3 Å². The number of aliphatic hydroxyl groups is 1. The van der Waals surface area contributed by atoms with Crippen molar-refractivity contribution in [1.82, 2.24) is 5.32 Å². The van der Waals surface area contributed by atoms with E-state index in [0.29, 0.717) is 24.5 Å². The Bertz CT molecular complexity index is 255. The number of nitrogens with zero attached hydrogens (tertiary/aromatic N) is 1. The second kappa shape index (κ2) is 6.24. The Morgan fingerprint density at radius 2 is 2.06 bits per heavy atom. The summed E-state index contributed by atoms with van der Waals surface area (Å²) in [6.07, 6.45) is 5.65. The van der Waals surface area contributed by atoms with Crippen LogP contribution in [0.5, 0.6) is 0 Å². The Hall–Kier alpha value is -0.770. The molecule has 4 nitrogen and oxygen atoms in total. The van der Waals surface area contributed by atoms with E-state index in [0.717, 1.165) is 6.42 Å². The van der Waals surface area contributed by atoms with Crippen LogP contribution in [-0.2, 0) is 0 Å². The van der Waals surface area contributed by atoms with Gasteiger partial charge in [0, 0.05) is 6.04 Å². The second-order valence-electron chi connectivity index (χ2n) is 5.92. The molecule has 1 aliphatic carbocycles. The van der Waals surface area contributed by atoms with Gasteiger partial charge in [-0.1, -0.05) is 26.7 Å². The number of nitrogens with two attached hydrogens (primary N) is 1. The van der Waals surface area contributed by atoms with Crippen molar-refractivity contribution in [2.24, 2.45) is 16.6 Å². The zero-order valence-corrected chi connectivity index (χ0v) is 11.4. The average Bonchev–Trinajstić information content (AvgIpc) is 2.65. The summed E-state index contributed by atoms with van der Waals surface area (Å²) in [6, 6.07) is 0.480. The van der Waals surface area contributed by atoms with Gasteiger partial charge in [0.1, 0.15) is 0 Å². The van der Waals surface area contributed by atoms with Crippen LogP contribution in [0.15, 0.2) is 4.99 Å². The lowest BCUT2D eigenvalue weighted by molar-refractivity contribution is 0.0477. The Labute approximate surface area is 105 Å². The third kappa shape index (κ3) is 5.91. The van der Waals surface area contributed by atoms with Crippen LogP contribution in [0.3, 0.4) is 0 Å². The summed E-state index contributed by atoms with van der Waals surface area (Å²) in [4.78, 5) is 4.25. The molecule has 1 fully saturated rings. The zero-order chi connectivity index (χ0) is 12.9. The maximum absolute atomic E-state index is 10.1. The highest BCUT2D eigenvalue weighted by atomic mass is 16.3. The van der Waals surface area contributed by atoms with Gasteiger partial charge in [0.05, 0.1) is 12.1 Å². The van der Waals surface area contributed by atoms with Crippen molar-refractivity contribution in [2.75, 3.05) is 6.54 Å². The molecule has 0 radical (unpaired) electrons. The van der Waals surface area contributed by atoms with Gasteiger partial charge in [-0.15, -0.1) is 0 Å². The van der Waals surface area contributed by atoms with Gasteiger partial charge in [-0.2, -0.15) is 0 Å². The van der Waals surface area contributed by atoms with Crippen molar-refractivity contribution in [3.63, 3.8) is 0 Å². The van der Waals surface area contributed by atoms with Crippen molar-refractivity contribution < 1.29 is 5.11 Å². The topological polar surface area (TPSA) is 70.6 Å². The van der Waals surface area contributed by atoms with Crippen molar-refractivity contribution in [3.8, 4) is 0 Å². The minimum absolute atomic E-state index is 0.372. The third-order valence-corrected chi connectivity index (χ3v) is 3.15. The first-order chi connectivity index (χ1) is 7.89. The molecule has 0 amide bonds. The van der Waals surface area contributed by atoms with Gasteiger partial charge in [0.2, 0.25) is 0 Å². The number of hydrogen-bond acceptors (Lipinski definition) is 2. The van der Waals surface area contributed by atoms with Gasteiger partial charge in [0.15, 0.2) is 5.96 Å². The van der Waals surface area contributed by atoms with E-state index in [4.69, 9.17) is 5.73 Å². The summed E-state index contributed by atoms with van der Waals surface area (Å²) in [5.41, 5.74) is 5.07. The smallest absolute Gasteiger partial charge is 0.188 e. The molecule has 4 N–H and O–H groups in total. The van der Waals surface area contributed by atoms with Crippen LogP contribution in [0.25, 0.3) is 0 Å². The lowest BCUT2D eigenvalue weighted by Gasteiger charge is -2.23. The van der Waals surface area contributed by atoms with Gasteiger partial charge in [-0.3, -0.25) is 4.99 Å². The average molecular weight is 241 g/mol. The minimum Gasteiger partial charge on any atom is -0.388 e. The minimum atomic E-state index is -0.754. The van der Waals surface area contributed by atoms with E-state index in [-0.39, 0.29) is 0 Å². The molecule has 1 atom stereocenters. The molecule has 1 saturated carbocycles. The van der Waals surface area contributed by atoms with Gasteiger partial charge in [-0.05, 0) is 32.1 Å². The van der Waals surface area contributed by atoms with Crippen LogP contribution in [0, 0.1) is 5.92 Å². The Morgan fingerprint density at radius 1 is 1.47 bits per heavy atom. The monoisotopic (exact) mass is 241 g/mol. The molecule has 0 aliphatic heterocycles. The van der Waals surface area contributed by atoms with Crippen LogP contribution in [0.2, 0.25) is 0 Å². The highest BCUT2D eigenvalue weighted by molar-refractivity contribution is 5.78. The quantitative estimate of drug-likeness (QED) is 0.506. The fraction of sp³-hybridized carbons (Fsp3) is 0.923. The molecule has 0 aromatic rings. The van der Waals surface area contributed by atoms with Crippen molar-refractivity contribution >= 4 is 5.96 Å². The van der Waals surface area contributed by atoms with Crippen LogP contribution in [0.1, 0.15) is 52.9 Å². The van der Waals surface area contributed by atoms with Crippen molar-refractivity contribution in [2.45, 2.75) is 64.5 Å². The number of nitrogens with one attached hydrogen (secondary N) is 1. The predicted molar refractivity (Wildman–Crippen MR) is 72.0 cm³/mol.